The predicted octanol–water partition coefficient (Wildman–Crippen LogP) is 2.30. The number of carbonyl (C=O) groups is 1. The van der Waals surface area contributed by atoms with E-state index in [-0.39, 0.29) is 12.4 Å². The molecule has 1 amide bonds. The van der Waals surface area contributed by atoms with Crippen LogP contribution in [0.3, 0.4) is 0 Å². The van der Waals surface area contributed by atoms with E-state index < -0.39 is 12.0 Å². The standard InChI is InChI=1S/C17H16N4O3/c22-14(12-7-3-1-4-8-12)11-15(23)19-20-17-18-16(21-24-17)13-9-5-2-6-10-13/h1-10,14,22H,11H2,(H,19,23)(H,18,20,21). The van der Waals surface area contributed by atoms with Gasteiger partial charge in [-0.05, 0) is 5.56 Å². The lowest BCUT2D eigenvalue weighted by Crippen LogP contribution is -2.30. The van der Waals surface area contributed by atoms with E-state index in [4.69, 9.17) is 4.52 Å². The Kier molecular flexibility index (Phi) is 4.83. The quantitative estimate of drug-likeness (QED) is 0.602. The molecule has 7 nitrogen and oxygen atoms in total. The number of aromatic nitrogens is 2. The first-order chi connectivity index (χ1) is 11.7. The van der Waals surface area contributed by atoms with E-state index in [0.717, 1.165) is 5.56 Å². The molecule has 0 bridgehead atoms. The molecule has 1 aromatic heterocycles. The molecule has 0 aliphatic carbocycles. The van der Waals surface area contributed by atoms with E-state index in [1.165, 1.54) is 0 Å². The Bertz CT molecular complexity index is 790. The van der Waals surface area contributed by atoms with Crippen LogP contribution in [-0.4, -0.2) is 21.2 Å². The molecule has 0 aliphatic heterocycles. The number of aliphatic hydroxyl groups excluding tert-OH is 1. The summed E-state index contributed by atoms with van der Waals surface area (Å²) in [5.41, 5.74) is 6.44. The van der Waals surface area contributed by atoms with Crippen LogP contribution in [0.1, 0.15) is 18.1 Å². The fourth-order valence-corrected chi connectivity index (χ4v) is 2.12. The Morgan fingerprint density at radius 2 is 1.75 bits per heavy atom. The smallest absolute Gasteiger partial charge is 0.340 e. The average molecular weight is 324 g/mol. The second-order valence-electron chi connectivity index (χ2n) is 5.09. The number of carbonyl (C=O) groups excluding carboxylic acids is 1. The van der Waals surface area contributed by atoms with Crippen LogP contribution in [0.2, 0.25) is 0 Å². The molecule has 0 aliphatic rings. The Balaban J connectivity index is 1.53. The summed E-state index contributed by atoms with van der Waals surface area (Å²) in [7, 11) is 0. The Labute approximate surface area is 138 Å². The zero-order valence-corrected chi connectivity index (χ0v) is 12.7. The summed E-state index contributed by atoms with van der Waals surface area (Å²) >= 11 is 0. The van der Waals surface area contributed by atoms with Crippen LogP contribution in [0.15, 0.2) is 65.2 Å². The molecule has 1 heterocycles. The van der Waals surface area contributed by atoms with Gasteiger partial charge < -0.3 is 9.63 Å². The van der Waals surface area contributed by atoms with Crippen molar-refractivity contribution in [1.82, 2.24) is 15.6 Å². The highest BCUT2D eigenvalue weighted by molar-refractivity contribution is 5.77. The van der Waals surface area contributed by atoms with E-state index in [2.05, 4.69) is 21.0 Å². The van der Waals surface area contributed by atoms with Crippen molar-refractivity contribution < 1.29 is 14.4 Å². The molecule has 3 N–H and O–H groups in total. The number of aliphatic hydroxyl groups is 1. The van der Waals surface area contributed by atoms with Gasteiger partial charge in [-0.15, -0.1) is 0 Å². The minimum absolute atomic E-state index is 0.0661. The minimum atomic E-state index is -0.879. The minimum Gasteiger partial charge on any atom is -0.388 e. The van der Waals surface area contributed by atoms with Crippen molar-refractivity contribution in [3.63, 3.8) is 0 Å². The molecule has 1 atom stereocenters. The normalized spacial score (nSPS) is 11.7. The highest BCUT2D eigenvalue weighted by atomic mass is 16.5. The second kappa shape index (κ2) is 7.38. The fourth-order valence-electron chi connectivity index (χ4n) is 2.12. The lowest BCUT2D eigenvalue weighted by molar-refractivity contribution is -0.122. The lowest BCUT2D eigenvalue weighted by atomic mass is 10.1. The second-order valence-corrected chi connectivity index (χ2v) is 5.09. The Hall–Kier alpha value is -3.19. The Morgan fingerprint density at radius 3 is 2.46 bits per heavy atom. The van der Waals surface area contributed by atoms with E-state index in [0.29, 0.717) is 11.4 Å². The molecule has 3 rings (SSSR count). The van der Waals surface area contributed by atoms with Crippen LogP contribution in [0.25, 0.3) is 11.4 Å². The maximum atomic E-state index is 11.9. The molecular formula is C17H16N4O3. The van der Waals surface area contributed by atoms with Crippen LogP contribution < -0.4 is 10.9 Å². The number of amides is 1. The van der Waals surface area contributed by atoms with Crippen LogP contribution >= 0.6 is 0 Å². The van der Waals surface area contributed by atoms with Crippen molar-refractivity contribution in [1.29, 1.82) is 0 Å². The monoisotopic (exact) mass is 324 g/mol. The van der Waals surface area contributed by atoms with Gasteiger partial charge in [-0.2, -0.15) is 4.98 Å². The number of hydrogen-bond donors (Lipinski definition) is 3. The van der Waals surface area contributed by atoms with Gasteiger partial charge in [0.05, 0.1) is 12.5 Å². The van der Waals surface area contributed by atoms with Crippen LogP contribution in [0.5, 0.6) is 0 Å². The molecule has 122 valence electrons. The lowest BCUT2D eigenvalue weighted by Gasteiger charge is -2.10. The van der Waals surface area contributed by atoms with Gasteiger partial charge in [0, 0.05) is 5.56 Å². The van der Waals surface area contributed by atoms with Crippen molar-refractivity contribution in [2.24, 2.45) is 0 Å². The van der Waals surface area contributed by atoms with E-state index in [1.807, 2.05) is 36.4 Å². The number of benzene rings is 2. The summed E-state index contributed by atoms with van der Waals surface area (Å²) in [5.74, 6) is 0.0162. The van der Waals surface area contributed by atoms with Gasteiger partial charge in [0.1, 0.15) is 0 Å². The number of anilines is 1. The van der Waals surface area contributed by atoms with Crippen molar-refractivity contribution in [2.75, 3.05) is 5.43 Å². The van der Waals surface area contributed by atoms with Crippen molar-refractivity contribution in [3.05, 3.63) is 66.2 Å². The summed E-state index contributed by atoms with van der Waals surface area (Å²) in [6, 6.07) is 18.4. The maximum Gasteiger partial charge on any atom is 0.340 e. The molecule has 0 fully saturated rings. The zero-order valence-electron chi connectivity index (χ0n) is 12.7. The number of rotatable bonds is 6. The summed E-state index contributed by atoms with van der Waals surface area (Å²) in [6.45, 7) is 0. The zero-order chi connectivity index (χ0) is 16.8. The first-order valence-electron chi connectivity index (χ1n) is 7.39. The maximum absolute atomic E-state index is 11.9. The fraction of sp³-hybridized carbons (Fsp3) is 0.118. The van der Waals surface area contributed by atoms with Crippen LogP contribution in [0, 0.1) is 0 Å². The van der Waals surface area contributed by atoms with Gasteiger partial charge in [0.25, 0.3) is 0 Å². The molecule has 0 radical (unpaired) electrons. The molecule has 0 spiro atoms. The van der Waals surface area contributed by atoms with Crippen LogP contribution in [-0.2, 0) is 4.79 Å². The molecule has 2 aromatic carbocycles. The van der Waals surface area contributed by atoms with Gasteiger partial charge in [-0.1, -0.05) is 65.8 Å². The van der Waals surface area contributed by atoms with Gasteiger partial charge in [0.15, 0.2) is 0 Å². The third-order valence-electron chi connectivity index (χ3n) is 3.33. The number of hydrazine groups is 1. The van der Waals surface area contributed by atoms with Gasteiger partial charge >= 0.3 is 6.01 Å². The van der Waals surface area contributed by atoms with Crippen molar-refractivity contribution in [2.45, 2.75) is 12.5 Å². The van der Waals surface area contributed by atoms with E-state index in [9.17, 15) is 9.90 Å². The van der Waals surface area contributed by atoms with Crippen molar-refractivity contribution in [3.8, 4) is 11.4 Å². The molecule has 1 unspecified atom stereocenters. The average Bonchev–Trinajstić information content (AvgIpc) is 3.10. The van der Waals surface area contributed by atoms with E-state index in [1.54, 1.807) is 24.3 Å². The number of nitrogens with zero attached hydrogens (tertiary/aromatic N) is 2. The third-order valence-corrected chi connectivity index (χ3v) is 3.33. The van der Waals surface area contributed by atoms with Gasteiger partial charge in [-0.25, -0.2) is 5.43 Å². The number of nitrogens with one attached hydrogen (secondary N) is 2. The molecule has 7 heteroatoms. The molecule has 24 heavy (non-hydrogen) atoms. The largest absolute Gasteiger partial charge is 0.388 e. The van der Waals surface area contributed by atoms with Crippen molar-refractivity contribution >= 4 is 11.9 Å². The SMILES string of the molecule is O=C(CC(O)c1ccccc1)NNc1nc(-c2ccccc2)no1. The summed E-state index contributed by atoms with van der Waals surface area (Å²) in [4.78, 5) is 16.0. The first-order valence-corrected chi connectivity index (χ1v) is 7.39. The van der Waals surface area contributed by atoms with Gasteiger partial charge in [-0.3, -0.25) is 10.2 Å². The molecule has 3 aromatic rings. The number of hydrogen-bond acceptors (Lipinski definition) is 6. The Morgan fingerprint density at radius 1 is 1.08 bits per heavy atom. The first kappa shape index (κ1) is 15.7. The van der Waals surface area contributed by atoms with E-state index >= 15 is 0 Å². The molecule has 0 saturated heterocycles. The third kappa shape index (κ3) is 3.96. The molecule has 0 saturated carbocycles. The summed E-state index contributed by atoms with van der Waals surface area (Å²) in [5, 5.41) is 13.8. The topological polar surface area (TPSA) is 100 Å². The summed E-state index contributed by atoms with van der Waals surface area (Å²) in [6.07, 6.45) is -0.966. The van der Waals surface area contributed by atoms with Gasteiger partial charge in [0.2, 0.25) is 11.7 Å². The van der Waals surface area contributed by atoms with Crippen LogP contribution in [0.4, 0.5) is 6.01 Å². The predicted molar refractivity (Wildman–Crippen MR) is 87.5 cm³/mol. The highest BCUT2D eigenvalue weighted by Crippen LogP contribution is 2.17. The summed E-state index contributed by atoms with van der Waals surface area (Å²) < 4.78 is 5.01. The molecular weight excluding hydrogens is 308 g/mol. The highest BCUT2D eigenvalue weighted by Gasteiger charge is 2.14.